The smallest absolute Gasteiger partial charge is 0.265 e. The van der Waals surface area contributed by atoms with E-state index in [-0.39, 0.29) is 49.7 Å². The highest BCUT2D eigenvalue weighted by molar-refractivity contribution is 7.92. The molecule has 0 bridgehead atoms. The molecule has 0 radical (unpaired) electrons. The minimum atomic E-state index is -4.49. The lowest BCUT2D eigenvalue weighted by Gasteiger charge is -2.33. The van der Waals surface area contributed by atoms with Gasteiger partial charge < -0.3 is 24.4 Å². The lowest BCUT2D eigenvalue weighted by Crippen LogP contribution is -2.52. The highest BCUT2D eigenvalue weighted by Gasteiger charge is 2.35. The zero-order chi connectivity index (χ0) is 33.5. The predicted molar refractivity (Wildman–Crippen MR) is 176 cm³/mol. The van der Waals surface area contributed by atoms with Crippen LogP contribution in [0.15, 0.2) is 59.5 Å². The van der Waals surface area contributed by atoms with Crippen LogP contribution in [0.2, 0.25) is 15.1 Å². The standard InChI is InChI=1S/C31H36Cl3N3O7S/c1-7-19(2)35-31(39)20(3)36(17-23-24(33)9-8-10-25(23)34)30(38)18-37(26-15-21(32)11-13-27(26)42-4)45(40,41)22-12-14-28(43-5)29(16-22)44-6/h8-16,19-20H,7,17-18H2,1-6H3,(H,35,39)/t19-,20+/m1/s1. The summed E-state index contributed by atoms with van der Waals surface area (Å²) in [6.45, 7) is 4.38. The third-order valence-electron chi connectivity index (χ3n) is 7.19. The van der Waals surface area contributed by atoms with Crippen molar-refractivity contribution in [3.63, 3.8) is 0 Å². The van der Waals surface area contributed by atoms with Crippen molar-refractivity contribution >= 4 is 62.3 Å². The van der Waals surface area contributed by atoms with Gasteiger partial charge in [-0.2, -0.15) is 0 Å². The van der Waals surface area contributed by atoms with Gasteiger partial charge in [-0.25, -0.2) is 8.42 Å². The summed E-state index contributed by atoms with van der Waals surface area (Å²) in [5.41, 5.74) is 0.396. The molecule has 0 fully saturated rings. The van der Waals surface area contributed by atoms with E-state index in [0.717, 1.165) is 4.31 Å². The predicted octanol–water partition coefficient (Wildman–Crippen LogP) is 6.20. The molecular weight excluding hydrogens is 665 g/mol. The molecule has 10 nitrogen and oxygen atoms in total. The molecule has 14 heteroatoms. The van der Waals surface area contributed by atoms with Crippen LogP contribution in [-0.2, 0) is 26.2 Å². The molecule has 45 heavy (non-hydrogen) atoms. The molecule has 0 aliphatic rings. The summed E-state index contributed by atoms with van der Waals surface area (Å²) >= 11 is 19.2. The van der Waals surface area contributed by atoms with Gasteiger partial charge in [0.25, 0.3) is 10.0 Å². The van der Waals surface area contributed by atoms with Gasteiger partial charge in [0, 0.05) is 39.3 Å². The second kappa shape index (κ2) is 15.8. The Morgan fingerprint density at radius 3 is 2.04 bits per heavy atom. The average molecular weight is 701 g/mol. The Hall–Kier alpha value is -3.38. The zero-order valence-corrected chi connectivity index (χ0v) is 28.9. The van der Waals surface area contributed by atoms with E-state index in [0.29, 0.717) is 17.7 Å². The van der Waals surface area contributed by atoms with Gasteiger partial charge in [0.2, 0.25) is 11.8 Å². The van der Waals surface area contributed by atoms with Crippen molar-refractivity contribution in [1.82, 2.24) is 10.2 Å². The summed E-state index contributed by atoms with van der Waals surface area (Å²) in [4.78, 5) is 28.6. The van der Waals surface area contributed by atoms with E-state index in [1.165, 1.54) is 62.6 Å². The Bertz CT molecular complexity index is 1620. The molecule has 3 rings (SSSR count). The van der Waals surface area contributed by atoms with Crippen LogP contribution in [-0.4, -0.2) is 65.1 Å². The van der Waals surface area contributed by atoms with Crippen molar-refractivity contribution in [2.75, 3.05) is 32.2 Å². The van der Waals surface area contributed by atoms with Gasteiger partial charge in [0.15, 0.2) is 11.5 Å². The van der Waals surface area contributed by atoms with Crippen molar-refractivity contribution in [1.29, 1.82) is 0 Å². The van der Waals surface area contributed by atoms with E-state index >= 15 is 0 Å². The molecule has 3 aromatic rings. The van der Waals surface area contributed by atoms with E-state index in [1.807, 2.05) is 13.8 Å². The number of methoxy groups -OCH3 is 3. The first-order valence-electron chi connectivity index (χ1n) is 13.9. The molecule has 0 spiro atoms. The number of nitrogens with zero attached hydrogens (tertiary/aromatic N) is 2. The van der Waals surface area contributed by atoms with Crippen LogP contribution in [0, 0.1) is 0 Å². The number of hydrogen-bond donors (Lipinski definition) is 1. The molecule has 0 saturated carbocycles. The Labute approximate surface area is 279 Å². The number of ether oxygens (including phenoxy) is 3. The number of anilines is 1. The zero-order valence-electron chi connectivity index (χ0n) is 25.8. The topological polar surface area (TPSA) is 114 Å². The summed E-state index contributed by atoms with van der Waals surface area (Å²) in [6, 6.07) is 12.1. The first kappa shape index (κ1) is 36.1. The molecule has 0 aliphatic heterocycles. The maximum Gasteiger partial charge on any atom is 0.265 e. The van der Waals surface area contributed by atoms with E-state index in [1.54, 1.807) is 25.1 Å². The van der Waals surface area contributed by atoms with E-state index in [4.69, 9.17) is 49.0 Å². The molecule has 0 aromatic heterocycles. The Morgan fingerprint density at radius 2 is 1.47 bits per heavy atom. The highest BCUT2D eigenvalue weighted by Crippen LogP contribution is 2.37. The Morgan fingerprint density at radius 1 is 0.867 bits per heavy atom. The van der Waals surface area contributed by atoms with Crippen LogP contribution >= 0.6 is 34.8 Å². The number of nitrogens with one attached hydrogen (secondary N) is 1. The van der Waals surface area contributed by atoms with Gasteiger partial charge in [-0.05, 0) is 62.7 Å². The molecule has 244 valence electrons. The first-order chi connectivity index (χ1) is 21.3. The van der Waals surface area contributed by atoms with Crippen molar-refractivity contribution in [2.24, 2.45) is 0 Å². The SMILES string of the molecule is CC[C@@H](C)NC(=O)[C@H](C)N(Cc1c(Cl)cccc1Cl)C(=O)CN(c1cc(Cl)ccc1OC)S(=O)(=O)c1ccc(OC)c(OC)c1. The van der Waals surface area contributed by atoms with Gasteiger partial charge in [0.05, 0.1) is 31.9 Å². The van der Waals surface area contributed by atoms with Crippen LogP contribution in [0.5, 0.6) is 17.2 Å². The summed E-state index contributed by atoms with van der Waals surface area (Å²) in [5.74, 6) is -0.546. The number of amides is 2. The molecule has 2 atom stereocenters. The number of hydrogen-bond acceptors (Lipinski definition) is 7. The largest absolute Gasteiger partial charge is 0.495 e. The number of rotatable bonds is 14. The number of carbonyl (C=O) groups excluding carboxylic acids is 2. The maximum atomic E-state index is 14.3. The van der Waals surface area contributed by atoms with Gasteiger partial charge in [-0.15, -0.1) is 0 Å². The van der Waals surface area contributed by atoms with Crippen molar-refractivity contribution in [2.45, 2.75) is 50.7 Å². The molecule has 0 saturated heterocycles. The summed E-state index contributed by atoms with van der Waals surface area (Å²) < 4.78 is 45.6. The number of benzene rings is 3. The first-order valence-corrected chi connectivity index (χ1v) is 16.5. The van der Waals surface area contributed by atoms with Crippen LogP contribution in [0.1, 0.15) is 32.8 Å². The van der Waals surface area contributed by atoms with Crippen LogP contribution in [0.25, 0.3) is 0 Å². The van der Waals surface area contributed by atoms with Gasteiger partial charge in [0.1, 0.15) is 18.3 Å². The van der Waals surface area contributed by atoms with E-state index < -0.39 is 34.4 Å². The quantitative estimate of drug-likeness (QED) is 0.213. The lowest BCUT2D eigenvalue weighted by molar-refractivity contribution is -0.139. The van der Waals surface area contributed by atoms with E-state index in [2.05, 4.69) is 5.32 Å². The Kier molecular flexibility index (Phi) is 12.6. The van der Waals surface area contributed by atoms with Crippen LogP contribution < -0.4 is 23.8 Å². The average Bonchev–Trinajstić information content (AvgIpc) is 3.02. The number of sulfonamides is 1. The summed E-state index contributed by atoms with van der Waals surface area (Å²) in [6.07, 6.45) is 0.661. The molecule has 0 heterocycles. The second-order valence-corrected chi connectivity index (χ2v) is 13.2. The fraction of sp³-hybridized carbons (Fsp3) is 0.355. The monoisotopic (exact) mass is 699 g/mol. The van der Waals surface area contributed by atoms with Crippen LogP contribution in [0.3, 0.4) is 0 Å². The summed E-state index contributed by atoms with van der Waals surface area (Å²) in [7, 11) is -0.328. The van der Waals surface area contributed by atoms with Gasteiger partial charge in [-0.3, -0.25) is 13.9 Å². The molecule has 0 unspecified atom stereocenters. The fourth-order valence-corrected chi connectivity index (χ4v) is 6.49. The van der Waals surface area contributed by atoms with Gasteiger partial charge >= 0.3 is 0 Å². The number of carbonyl (C=O) groups is 2. The summed E-state index contributed by atoms with van der Waals surface area (Å²) in [5, 5.41) is 3.63. The normalized spacial score (nSPS) is 12.6. The van der Waals surface area contributed by atoms with Crippen LogP contribution in [0.4, 0.5) is 5.69 Å². The second-order valence-electron chi connectivity index (χ2n) is 10.1. The van der Waals surface area contributed by atoms with Gasteiger partial charge in [-0.1, -0.05) is 47.8 Å². The molecule has 0 aliphatic carbocycles. The van der Waals surface area contributed by atoms with Crippen molar-refractivity contribution < 1.29 is 32.2 Å². The van der Waals surface area contributed by atoms with Crippen molar-refractivity contribution in [3.8, 4) is 17.2 Å². The number of halogens is 3. The molecule has 2 amide bonds. The minimum Gasteiger partial charge on any atom is -0.495 e. The third kappa shape index (κ3) is 8.46. The lowest BCUT2D eigenvalue weighted by atomic mass is 10.1. The van der Waals surface area contributed by atoms with Crippen molar-refractivity contribution in [3.05, 3.63) is 75.2 Å². The highest BCUT2D eigenvalue weighted by atomic mass is 35.5. The minimum absolute atomic E-state index is 0.000528. The van der Waals surface area contributed by atoms with E-state index in [9.17, 15) is 18.0 Å². The maximum absolute atomic E-state index is 14.3. The molecular formula is C31H36Cl3N3O7S. The molecule has 1 N–H and O–H groups in total. The molecule has 3 aromatic carbocycles. The third-order valence-corrected chi connectivity index (χ3v) is 9.89. The Balaban J connectivity index is 2.18. The fourth-order valence-electron chi connectivity index (χ4n) is 4.38.